The Morgan fingerprint density at radius 3 is 0.943 bits per heavy atom. The lowest BCUT2D eigenvalue weighted by Gasteiger charge is -2.18. The topological polar surface area (TPSA) is 78.9 Å². The number of ether oxygens (including phenoxy) is 3. The van der Waals surface area contributed by atoms with Gasteiger partial charge in [-0.05, 0) is 44.9 Å². The Labute approximate surface area is 329 Å². The Morgan fingerprint density at radius 1 is 0.358 bits per heavy atom. The van der Waals surface area contributed by atoms with Gasteiger partial charge in [-0.25, -0.2) is 0 Å². The van der Waals surface area contributed by atoms with Crippen molar-refractivity contribution in [2.75, 3.05) is 13.2 Å². The summed E-state index contributed by atoms with van der Waals surface area (Å²) in [4.78, 5) is 37.4. The number of esters is 3. The van der Waals surface area contributed by atoms with Crippen molar-refractivity contribution in [2.24, 2.45) is 0 Å². The maximum atomic E-state index is 12.6. The van der Waals surface area contributed by atoms with Gasteiger partial charge in [-0.15, -0.1) is 0 Å². The summed E-state index contributed by atoms with van der Waals surface area (Å²) in [6.45, 7) is 6.56. The maximum Gasteiger partial charge on any atom is 0.306 e. The second-order valence-corrected chi connectivity index (χ2v) is 15.7. The van der Waals surface area contributed by atoms with Crippen molar-refractivity contribution in [1.82, 2.24) is 0 Å². The minimum absolute atomic E-state index is 0.0680. The number of hydrogen-bond acceptors (Lipinski definition) is 6. The third-order valence-electron chi connectivity index (χ3n) is 10.3. The largest absolute Gasteiger partial charge is 0.462 e. The van der Waals surface area contributed by atoms with Gasteiger partial charge in [-0.1, -0.05) is 200 Å². The number of allylic oxidation sites excluding steroid dienone is 2. The number of hydrogen-bond donors (Lipinski definition) is 0. The van der Waals surface area contributed by atoms with Gasteiger partial charge in [0.2, 0.25) is 0 Å². The molecule has 0 bridgehead atoms. The Hall–Kier alpha value is -1.85. The molecule has 0 amide bonds. The second kappa shape index (κ2) is 42.9. The molecule has 0 N–H and O–H groups in total. The molecule has 0 heterocycles. The lowest BCUT2D eigenvalue weighted by Crippen LogP contribution is -2.30. The summed E-state index contributed by atoms with van der Waals surface area (Å²) in [7, 11) is 0. The minimum Gasteiger partial charge on any atom is -0.462 e. The van der Waals surface area contributed by atoms with Crippen LogP contribution in [-0.4, -0.2) is 37.2 Å². The van der Waals surface area contributed by atoms with E-state index < -0.39 is 6.10 Å². The highest BCUT2D eigenvalue weighted by molar-refractivity contribution is 5.71. The van der Waals surface area contributed by atoms with E-state index in [-0.39, 0.29) is 31.1 Å². The van der Waals surface area contributed by atoms with E-state index in [2.05, 4.69) is 32.9 Å². The highest BCUT2D eigenvalue weighted by atomic mass is 16.6. The van der Waals surface area contributed by atoms with E-state index in [9.17, 15) is 14.4 Å². The molecular weight excluding hydrogens is 661 g/mol. The molecule has 1 atom stereocenters. The van der Waals surface area contributed by atoms with Gasteiger partial charge >= 0.3 is 17.9 Å². The summed E-state index contributed by atoms with van der Waals surface area (Å²) in [5.74, 6) is -0.877. The van der Waals surface area contributed by atoms with Crippen LogP contribution >= 0.6 is 0 Å². The van der Waals surface area contributed by atoms with E-state index in [0.29, 0.717) is 19.3 Å². The van der Waals surface area contributed by atoms with Crippen molar-refractivity contribution < 1.29 is 28.6 Å². The van der Waals surface area contributed by atoms with E-state index in [1.165, 1.54) is 154 Å². The molecule has 0 aliphatic heterocycles. The Morgan fingerprint density at radius 2 is 0.623 bits per heavy atom. The molecular formula is C47H88O6. The van der Waals surface area contributed by atoms with Crippen LogP contribution in [0.3, 0.4) is 0 Å². The second-order valence-electron chi connectivity index (χ2n) is 15.7. The van der Waals surface area contributed by atoms with Crippen LogP contribution in [0.1, 0.15) is 252 Å². The van der Waals surface area contributed by atoms with Crippen LogP contribution in [0, 0.1) is 0 Å². The molecule has 0 saturated heterocycles. The fraction of sp³-hybridized carbons (Fsp3) is 0.894. The van der Waals surface area contributed by atoms with Crippen molar-refractivity contribution in [3.8, 4) is 0 Å². The van der Waals surface area contributed by atoms with Gasteiger partial charge in [0.15, 0.2) is 6.10 Å². The van der Waals surface area contributed by atoms with Crippen molar-refractivity contribution in [3.05, 3.63) is 12.2 Å². The molecule has 312 valence electrons. The average Bonchev–Trinajstić information content (AvgIpc) is 3.15. The minimum atomic E-state index is -0.760. The molecule has 53 heavy (non-hydrogen) atoms. The van der Waals surface area contributed by atoms with Crippen LogP contribution in [-0.2, 0) is 28.6 Å². The molecule has 0 fully saturated rings. The summed E-state index contributed by atoms with van der Waals surface area (Å²) in [5.41, 5.74) is 0. The summed E-state index contributed by atoms with van der Waals surface area (Å²) in [5, 5.41) is 0. The Kier molecular flexibility index (Phi) is 41.4. The lowest BCUT2D eigenvalue weighted by molar-refractivity contribution is -0.167. The van der Waals surface area contributed by atoms with Crippen molar-refractivity contribution in [2.45, 2.75) is 258 Å². The molecule has 0 spiro atoms. The Balaban J connectivity index is 4.07. The van der Waals surface area contributed by atoms with E-state index in [1.54, 1.807) is 0 Å². The summed E-state index contributed by atoms with van der Waals surface area (Å²) in [6, 6.07) is 0. The third kappa shape index (κ3) is 41.2. The smallest absolute Gasteiger partial charge is 0.306 e. The first kappa shape index (κ1) is 51.1. The van der Waals surface area contributed by atoms with Gasteiger partial charge < -0.3 is 14.2 Å². The number of unbranched alkanes of at least 4 members (excludes halogenated alkanes) is 29. The molecule has 6 heteroatoms. The fourth-order valence-electron chi connectivity index (χ4n) is 6.73. The van der Waals surface area contributed by atoms with E-state index in [1.807, 2.05) is 0 Å². The van der Waals surface area contributed by atoms with E-state index in [0.717, 1.165) is 57.8 Å². The monoisotopic (exact) mass is 749 g/mol. The predicted molar refractivity (Wildman–Crippen MR) is 224 cm³/mol. The molecule has 0 rings (SSSR count). The molecule has 0 saturated carbocycles. The van der Waals surface area contributed by atoms with Crippen LogP contribution in [0.15, 0.2) is 12.2 Å². The van der Waals surface area contributed by atoms with Crippen LogP contribution in [0.25, 0.3) is 0 Å². The first-order chi connectivity index (χ1) is 26.0. The number of carbonyl (C=O) groups is 3. The predicted octanol–water partition coefficient (Wildman–Crippen LogP) is 14.6. The maximum absolute atomic E-state index is 12.6. The first-order valence-corrected chi connectivity index (χ1v) is 23.2. The van der Waals surface area contributed by atoms with Gasteiger partial charge in [-0.3, -0.25) is 14.4 Å². The fourth-order valence-corrected chi connectivity index (χ4v) is 6.73. The lowest BCUT2D eigenvalue weighted by atomic mass is 10.1. The van der Waals surface area contributed by atoms with Crippen molar-refractivity contribution in [3.63, 3.8) is 0 Å². The number of rotatable bonds is 42. The van der Waals surface area contributed by atoms with Gasteiger partial charge in [0.05, 0.1) is 0 Å². The molecule has 0 aromatic rings. The van der Waals surface area contributed by atoms with Gasteiger partial charge in [0, 0.05) is 19.3 Å². The molecule has 0 aromatic heterocycles. The standard InChI is InChI=1S/C47H88O6/c1-4-7-10-13-16-17-18-19-20-21-22-23-24-25-26-27-28-29-32-34-37-40-46(49)52-43-44(53-47(50)41-38-35-31-15-12-9-6-3)42-51-45(48)39-36-33-30-14-11-8-5-2/h21-22,44H,4-20,23-43H2,1-3H3/b22-21-. The molecule has 0 aromatic carbocycles. The molecule has 0 radical (unpaired) electrons. The summed E-state index contributed by atoms with van der Waals surface area (Å²) >= 11 is 0. The summed E-state index contributed by atoms with van der Waals surface area (Å²) in [6.07, 6.45) is 45.2. The molecule has 1 unspecified atom stereocenters. The van der Waals surface area contributed by atoms with Gasteiger partial charge in [0.25, 0.3) is 0 Å². The molecule has 0 aliphatic carbocycles. The van der Waals surface area contributed by atoms with Crippen LogP contribution < -0.4 is 0 Å². The third-order valence-corrected chi connectivity index (χ3v) is 10.3. The van der Waals surface area contributed by atoms with Gasteiger partial charge in [0.1, 0.15) is 13.2 Å². The molecule has 6 nitrogen and oxygen atoms in total. The first-order valence-electron chi connectivity index (χ1n) is 23.2. The quantitative estimate of drug-likeness (QED) is 0.0268. The normalized spacial score (nSPS) is 12.0. The van der Waals surface area contributed by atoms with Gasteiger partial charge in [-0.2, -0.15) is 0 Å². The molecule has 0 aliphatic rings. The SMILES string of the molecule is CCCCCCCCCC/C=C\CCCCCCCCCCCC(=O)OCC(COC(=O)CCCCCCCCC)OC(=O)CCCCCCCCC. The van der Waals surface area contributed by atoms with E-state index >= 15 is 0 Å². The summed E-state index contributed by atoms with van der Waals surface area (Å²) < 4.78 is 16.6. The van der Waals surface area contributed by atoms with Crippen molar-refractivity contribution in [1.29, 1.82) is 0 Å². The van der Waals surface area contributed by atoms with E-state index in [4.69, 9.17) is 14.2 Å². The van der Waals surface area contributed by atoms with Crippen LogP contribution in [0.4, 0.5) is 0 Å². The van der Waals surface area contributed by atoms with Crippen LogP contribution in [0.5, 0.6) is 0 Å². The number of carbonyl (C=O) groups excluding carboxylic acids is 3. The zero-order valence-corrected chi connectivity index (χ0v) is 35.6. The highest BCUT2D eigenvalue weighted by Crippen LogP contribution is 2.15. The zero-order chi connectivity index (χ0) is 38.7. The average molecular weight is 749 g/mol. The Bertz CT molecular complexity index is 824. The van der Waals surface area contributed by atoms with Crippen molar-refractivity contribution >= 4 is 17.9 Å². The van der Waals surface area contributed by atoms with Crippen LogP contribution in [0.2, 0.25) is 0 Å². The zero-order valence-electron chi connectivity index (χ0n) is 35.6. The highest BCUT2D eigenvalue weighted by Gasteiger charge is 2.19.